The van der Waals surface area contributed by atoms with E-state index in [9.17, 15) is 19.1 Å². The van der Waals surface area contributed by atoms with E-state index in [1.54, 1.807) is 12.1 Å². The highest BCUT2D eigenvalue weighted by Gasteiger charge is 2.42. The molecule has 1 fully saturated rings. The van der Waals surface area contributed by atoms with Crippen LogP contribution in [0.4, 0.5) is 4.39 Å². The van der Waals surface area contributed by atoms with Crippen LogP contribution in [0, 0.1) is 25.6 Å². The molecular formula is C25H27FN2O3. The van der Waals surface area contributed by atoms with Crippen molar-refractivity contribution >= 4 is 17.4 Å². The van der Waals surface area contributed by atoms with Crippen LogP contribution in [0.1, 0.15) is 35.1 Å². The molecular weight excluding hydrogens is 395 g/mol. The lowest BCUT2D eigenvalue weighted by atomic mass is 9.95. The smallest absolute Gasteiger partial charge is 0.278 e. The van der Waals surface area contributed by atoms with E-state index in [1.807, 2.05) is 36.9 Å². The zero-order valence-electron chi connectivity index (χ0n) is 17.9. The zero-order valence-corrected chi connectivity index (χ0v) is 17.9. The van der Waals surface area contributed by atoms with Crippen molar-refractivity contribution in [2.24, 2.45) is 5.92 Å². The Morgan fingerprint density at radius 1 is 1.06 bits per heavy atom. The molecule has 1 N–H and O–H groups in total. The number of amides is 2. The summed E-state index contributed by atoms with van der Waals surface area (Å²) in [6.45, 7) is 5.30. The summed E-state index contributed by atoms with van der Waals surface area (Å²) < 4.78 is 13.3. The molecule has 1 unspecified atom stereocenters. The van der Waals surface area contributed by atoms with Crippen molar-refractivity contribution in [3.05, 3.63) is 76.2 Å². The lowest BCUT2D eigenvalue weighted by Gasteiger charge is -2.34. The normalized spacial score (nSPS) is 19.5. The summed E-state index contributed by atoms with van der Waals surface area (Å²) in [7, 11) is 0. The fourth-order valence-electron chi connectivity index (χ4n) is 4.53. The molecule has 0 saturated carbocycles. The van der Waals surface area contributed by atoms with E-state index in [-0.39, 0.29) is 36.7 Å². The van der Waals surface area contributed by atoms with Crippen molar-refractivity contribution in [3.63, 3.8) is 0 Å². The Morgan fingerprint density at radius 3 is 2.48 bits per heavy atom. The molecule has 2 aliphatic rings. The zero-order chi connectivity index (χ0) is 22.1. The molecule has 2 heterocycles. The molecule has 1 saturated heterocycles. The number of hydrogen-bond acceptors (Lipinski definition) is 4. The number of carbonyl (C=O) groups is 2. The number of nitrogens with zero attached hydrogens (tertiary/aromatic N) is 2. The molecule has 31 heavy (non-hydrogen) atoms. The van der Waals surface area contributed by atoms with Gasteiger partial charge in [0, 0.05) is 19.7 Å². The van der Waals surface area contributed by atoms with E-state index in [0.717, 1.165) is 29.5 Å². The Labute approximate surface area is 181 Å². The molecule has 5 nitrogen and oxygen atoms in total. The monoisotopic (exact) mass is 422 g/mol. The lowest BCUT2D eigenvalue weighted by Crippen LogP contribution is -2.40. The van der Waals surface area contributed by atoms with Gasteiger partial charge in [-0.3, -0.25) is 14.5 Å². The van der Waals surface area contributed by atoms with Crippen molar-refractivity contribution in [3.8, 4) is 0 Å². The van der Waals surface area contributed by atoms with Gasteiger partial charge in [0.15, 0.2) is 0 Å². The number of carbonyl (C=O) groups excluding carboxylic acids is 2. The average Bonchev–Trinajstić information content (AvgIpc) is 3.00. The first kappa shape index (κ1) is 21.2. The Hall–Kier alpha value is -2.99. The van der Waals surface area contributed by atoms with E-state index in [4.69, 9.17) is 0 Å². The summed E-state index contributed by atoms with van der Waals surface area (Å²) in [4.78, 5) is 30.3. The van der Waals surface area contributed by atoms with E-state index in [1.165, 1.54) is 17.0 Å². The third-order valence-electron chi connectivity index (χ3n) is 6.14. The number of aryl methyl sites for hydroxylation is 2. The topological polar surface area (TPSA) is 60.9 Å². The molecule has 2 aromatic carbocycles. The maximum atomic E-state index is 13.5. The van der Waals surface area contributed by atoms with Crippen LogP contribution in [0.25, 0.3) is 5.57 Å². The predicted octanol–water partition coefficient (Wildman–Crippen LogP) is 3.43. The fraction of sp³-hybridized carbons (Fsp3) is 0.360. The van der Waals surface area contributed by atoms with Gasteiger partial charge < -0.3 is 10.0 Å². The molecule has 0 radical (unpaired) electrons. The maximum Gasteiger partial charge on any atom is 0.278 e. The fourth-order valence-corrected chi connectivity index (χ4v) is 4.53. The molecule has 0 spiro atoms. The van der Waals surface area contributed by atoms with Gasteiger partial charge in [0.05, 0.1) is 12.1 Å². The van der Waals surface area contributed by atoms with Crippen molar-refractivity contribution in [2.45, 2.75) is 33.2 Å². The second-order valence-corrected chi connectivity index (χ2v) is 8.50. The van der Waals surface area contributed by atoms with E-state index in [0.29, 0.717) is 29.9 Å². The van der Waals surface area contributed by atoms with E-state index in [2.05, 4.69) is 0 Å². The lowest BCUT2D eigenvalue weighted by molar-refractivity contribution is -0.138. The number of benzene rings is 2. The average molecular weight is 423 g/mol. The minimum atomic E-state index is -0.360. The standard InChI is InChI=1S/C25H27FN2O3/c1-16-5-10-21(17(2)12-16)22-23(27-11-3-4-19(13-27)15-29)25(31)28(24(22)30)14-18-6-8-20(26)9-7-18/h5-10,12,19,29H,3-4,11,13-15H2,1-2H3. The number of imide groups is 1. The summed E-state index contributed by atoms with van der Waals surface area (Å²) in [5, 5.41) is 9.66. The molecule has 0 aromatic heterocycles. The van der Waals surface area contributed by atoms with Crippen LogP contribution in [0.2, 0.25) is 0 Å². The maximum absolute atomic E-state index is 13.5. The Bertz CT molecular complexity index is 1050. The molecule has 162 valence electrons. The molecule has 2 aromatic rings. The number of rotatable bonds is 5. The first-order valence-electron chi connectivity index (χ1n) is 10.7. The van der Waals surface area contributed by atoms with Gasteiger partial charge >= 0.3 is 0 Å². The molecule has 0 aliphatic carbocycles. The minimum absolute atomic E-state index is 0.0596. The van der Waals surface area contributed by atoms with Crippen molar-refractivity contribution < 1.29 is 19.1 Å². The quantitative estimate of drug-likeness (QED) is 0.750. The van der Waals surface area contributed by atoms with Crippen LogP contribution in [0.5, 0.6) is 0 Å². The Kier molecular flexibility index (Phi) is 5.92. The number of hydrogen-bond donors (Lipinski definition) is 1. The Morgan fingerprint density at radius 2 is 1.81 bits per heavy atom. The van der Waals surface area contributed by atoms with Crippen molar-refractivity contribution in [1.29, 1.82) is 0 Å². The highest BCUT2D eigenvalue weighted by Crippen LogP contribution is 2.36. The number of aliphatic hydroxyl groups is 1. The minimum Gasteiger partial charge on any atom is -0.396 e. The highest BCUT2D eigenvalue weighted by atomic mass is 19.1. The number of aliphatic hydroxyl groups excluding tert-OH is 1. The predicted molar refractivity (Wildman–Crippen MR) is 116 cm³/mol. The van der Waals surface area contributed by atoms with Gasteiger partial charge in [-0.2, -0.15) is 0 Å². The number of halogens is 1. The van der Waals surface area contributed by atoms with Gasteiger partial charge in [0.25, 0.3) is 11.8 Å². The largest absolute Gasteiger partial charge is 0.396 e. The SMILES string of the molecule is Cc1ccc(C2=C(N3CCCC(CO)C3)C(=O)N(Cc3ccc(F)cc3)C2=O)c(C)c1. The van der Waals surface area contributed by atoms with Crippen molar-refractivity contribution in [2.75, 3.05) is 19.7 Å². The van der Waals surface area contributed by atoms with Crippen LogP contribution in [0.3, 0.4) is 0 Å². The molecule has 6 heteroatoms. The summed E-state index contributed by atoms with van der Waals surface area (Å²) >= 11 is 0. The summed E-state index contributed by atoms with van der Waals surface area (Å²) in [6.07, 6.45) is 1.76. The second kappa shape index (κ2) is 8.63. The number of piperidine rings is 1. The summed E-state index contributed by atoms with van der Waals surface area (Å²) in [5.41, 5.74) is 4.30. The first-order valence-corrected chi connectivity index (χ1v) is 10.7. The van der Waals surface area contributed by atoms with E-state index >= 15 is 0 Å². The van der Waals surface area contributed by atoms with Crippen LogP contribution < -0.4 is 0 Å². The van der Waals surface area contributed by atoms with Crippen LogP contribution in [-0.4, -0.2) is 46.4 Å². The van der Waals surface area contributed by atoms with Gasteiger partial charge in [-0.15, -0.1) is 0 Å². The molecule has 2 aliphatic heterocycles. The van der Waals surface area contributed by atoms with E-state index < -0.39 is 0 Å². The van der Waals surface area contributed by atoms with Gasteiger partial charge in [0.2, 0.25) is 0 Å². The van der Waals surface area contributed by atoms with Gasteiger partial charge in [-0.05, 0) is 61.4 Å². The summed E-state index contributed by atoms with van der Waals surface area (Å²) in [5.74, 6) is -0.943. The van der Waals surface area contributed by atoms with Crippen molar-refractivity contribution in [1.82, 2.24) is 9.80 Å². The molecule has 1 atom stereocenters. The third-order valence-corrected chi connectivity index (χ3v) is 6.14. The molecule has 4 rings (SSSR count). The molecule has 2 amide bonds. The highest BCUT2D eigenvalue weighted by molar-refractivity contribution is 6.35. The number of likely N-dealkylation sites (tertiary alicyclic amines) is 1. The molecule has 0 bridgehead atoms. The van der Waals surface area contributed by atoms with Crippen LogP contribution in [0.15, 0.2) is 48.2 Å². The summed E-state index contributed by atoms with van der Waals surface area (Å²) in [6, 6.07) is 11.7. The third kappa shape index (κ3) is 4.12. The van der Waals surface area contributed by atoms with Crippen LogP contribution >= 0.6 is 0 Å². The van der Waals surface area contributed by atoms with Gasteiger partial charge in [-0.1, -0.05) is 35.9 Å². The first-order chi connectivity index (χ1) is 14.9. The van der Waals surface area contributed by atoms with Crippen LogP contribution in [-0.2, 0) is 16.1 Å². The van der Waals surface area contributed by atoms with Gasteiger partial charge in [-0.25, -0.2) is 4.39 Å². The Balaban J connectivity index is 1.76. The second-order valence-electron chi connectivity index (χ2n) is 8.50. The van der Waals surface area contributed by atoms with Gasteiger partial charge in [0.1, 0.15) is 11.5 Å².